The highest BCUT2D eigenvalue weighted by atomic mass is 16.6. The van der Waals surface area contributed by atoms with Crippen LogP contribution in [0.5, 0.6) is 0 Å². The van der Waals surface area contributed by atoms with Gasteiger partial charge in [-0.15, -0.1) is 0 Å². The molecule has 2 heterocycles. The number of carbonyl (C=O) groups excluding carboxylic acids is 1. The second kappa shape index (κ2) is 3.26. The molecule has 0 spiro atoms. The van der Waals surface area contributed by atoms with Gasteiger partial charge in [0.25, 0.3) is 0 Å². The Kier molecular flexibility index (Phi) is 1.85. The van der Waals surface area contributed by atoms with Crippen molar-refractivity contribution >= 4 is 22.7 Å². The van der Waals surface area contributed by atoms with Gasteiger partial charge >= 0.3 is 6.09 Å². The van der Waals surface area contributed by atoms with Gasteiger partial charge in [-0.3, -0.25) is 0 Å². The van der Waals surface area contributed by atoms with Crippen LogP contribution in [0.2, 0.25) is 0 Å². The summed E-state index contributed by atoms with van der Waals surface area (Å²) in [6, 6.07) is 8.32. The molecule has 1 aliphatic carbocycles. The first-order chi connectivity index (χ1) is 9.10. The molecule has 4 nitrogen and oxygen atoms in total. The van der Waals surface area contributed by atoms with Crippen molar-refractivity contribution in [2.24, 2.45) is 12.0 Å². The normalized spacial score (nSPS) is 24.9. The summed E-state index contributed by atoms with van der Waals surface area (Å²) in [7, 11) is 2.03. The zero-order valence-electron chi connectivity index (χ0n) is 10.9. The first kappa shape index (κ1) is 10.8. The van der Waals surface area contributed by atoms with Crippen molar-refractivity contribution in [3.8, 4) is 0 Å². The number of ether oxygens (including phenoxy) is 1. The first-order valence-corrected chi connectivity index (χ1v) is 6.49. The van der Waals surface area contributed by atoms with Crippen molar-refractivity contribution in [1.82, 2.24) is 4.57 Å². The number of hydrogen-bond donors (Lipinski definition) is 0. The van der Waals surface area contributed by atoms with Crippen molar-refractivity contribution in [2.45, 2.75) is 25.4 Å². The van der Waals surface area contributed by atoms with Crippen molar-refractivity contribution in [1.29, 1.82) is 0 Å². The molecule has 4 rings (SSSR count). The van der Waals surface area contributed by atoms with E-state index in [0.29, 0.717) is 0 Å². The van der Waals surface area contributed by atoms with E-state index in [1.165, 1.54) is 16.5 Å². The highest BCUT2D eigenvalue weighted by Gasteiger charge is 2.46. The van der Waals surface area contributed by atoms with E-state index in [1.54, 1.807) is 0 Å². The van der Waals surface area contributed by atoms with E-state index in [0.717, 1.165) is 24.2 Å². The summed E-state index contributed by atoms with van der Waals surface area (Å²) in [6.07, 6.45) is 1.26. The summed E-state index contributed by atoms with van der Waals surface area (Å²) in [5.74, 6) is 0. The number of para-hydroxylation sites is 1. The van der Waals surface area contributed by atoms with Crippen LogP contribution in [0.25, 0.3) is 10.9 Å². The van der Waals surface area contributed by atoms with E-state index in [2.05, 4.69) is 27.8 Å². The predicted molar refractivity (Wildman–Crippen MR) is 72.7 cm³/mol. The van der Waals surface area contributed by atoms with Crippen LogP contribution in [0.15, 0.2) is 29.3 Å². The third-order valence-corrected chi connectivity index (χ3v) is 4.30. The van der Waals surface area contributed by atoms with Crippen molar-refractivity contribution in [3.63, 3.8) is 0 Å². The Bertz CT molecular complexity index is 757. The maximum atomic E-state index is 11.5. The van der Waals surface area contributed by atoms with Gasteiger partial charge in [0, 0.05) is 18.0 Å². The lowest BCUT2D eigenvalue weighted by Gasteiger charge is -2.29. The van der Waals surface area contributed by atoms with E-state index >= 15 is 0 Å². The van der Waals surface area contributed by atoms with Gasteiger partial charge in [-0.05, 0) is 31.4 Å². The first-order valence-electron chi connectivity index (χ1n) is 6.49. The molecule has 96 valence electrons. The Morgan fingerprint density at radius 1 is 1.37 bits per heavy atom. The number of amides is 1. The molecule has 0 fully saturated rings. The Hall–Kier alpha value is -2.10. The Morgan fingerprint density at radius 3 is 3.00 bits per heavy atom. The fraction of sp³-hybridized carbons (Fsp3) is 0.333. The maximum Gasteiger partial charge on any atom is 0.434 e. The average molecular weight is 254 g/mol. The number of fused-ring (bicyclic) bond motifs is 5. The fourth-order valence-corrected chi connectivity index (χ4v) is 3.34. The number of rotatable bonds is 0. The highest BCUT2D eigenvalue weighted by Crippen LogP contribution is 2.39. The van der Waals surface area contributed by atoms with Crippen LogP contribution in [0.3, 0.4) is 0 Å². The number of aryl methyl sites for hydroxylation is 2. The summed E-state index contributed by atoms with van der Waals surface area (Å²) < 4.78 is 7.53. The van der Waals surface area contributed by atoms with Crippen LogP contribution in [0, 0.1) is 0 Å². The molecule has 0 bridgehead atoms. The third kappa shape index (κ3) is 1.23. The quantitative estimate of drug-likeness (QED) is 0.725. The van der Waals surface area contributed by atoms with Gasteiger partial charge in [-0.2, -0.15) is 4.99 Å². The van der Waals surface area contributed by atoms with Gasteiger partial charge < -0.3 is 9.30 Å². The van der Waals surface area contributed by atoms with E-state index in [9.17, 15) is 4.79 Å². The lowest BCUT2D eigenvalue weighted by atomic mass is 9.82. The number of nitrogens with zero attached hydrogens (tertiary/aromatic N) is 2. The zero-order chi connectivity index (χ0) is 13.2. The molecular formula is C15H14N2O2. The van der Waals surface area contributed by atoms with Gasteiger partial charge in [0.1, 0.15) is 5.71 Å². The average Bonchev–Trinajstić information content (AvgIpc) is 2.84. The molecule has 1 aromatic heterocycles. The van der Waals surface area contributed by atoms with Gasteiger partial charge in [0.2, 0.25) is 0 Å². The van der Waals surface area contributed by atoms with E-state index < -0.39 is 11.7 Å². The minimum absolute atomic E-state index is 0.462. The number of aliphatic imine (C=N–C) groups is 1. The Balaban J connectivity index is 2.10. The molecule has 1 atom stereocenters. The predicted octanol–water partition coefficient (Wildman–Crippen LogP) is 2.82. The molecule has 1 aliphatic heterocycles. The molecule has 0 N–H and O–H groups in total. The molecule has 2 aliphatic rings. The van der Waals surface area contributed by atoms with Crippen molar-refractivity contribution in [3.05, 3.63) is 35.5 Å². The summed E-state index contributed by atoms with van der Waals surface area (Å²) in [4.78, 5) is 15.6. The van der Waals surface area contributed by atoms with Gasteiger partial charge in [0.05, 0.1) is 5.69 Å². The van der Waals surface area contributed by atoms with Crippen molar-refractivity contribution in [2.75, 3.05) is 0 Å². The second-order valence-electron chi connectivity index (χ2n) is 5.46. The van der Waals surface area contributed by atoms with Crippen LogP contribution in [-0.4, -0.2) is 22.0 Å². The monoisotopic (exact) mass is 254 g/mol. The lowest BCUT2D eigenvalue weighted by Crippen LogP contribution is -2.40. The SMILES string of the molecule is Cn1c2c(c3ccccc31)CCC1(C)OC(=O)N=C21. The second-order valence-corrected chi connectivity index (χ2v) is 5.46. The maximum absolute atomic E-state index is 11.5. The zero-order valence-corrected chi connectivity index (χ0v) is 10.9. The molecule has 2 aromatic rings. The largest absolute Gasteiger partial charge is 0.435 e. The molecular weight excluding hydrogens is 240 g/mol. The van der Waals surface area contributed by atoms with Gasteiger partial charge in [0.15, 0.2) is 5.60 Å². The molecule has 1 amide bonds. The van der Waals surface area contributed by atoms with E-state index in [1.807, 2.05) is 20.0 Å². The fourth-order valence-electron chi connectivity index (χ4n) is 3.34. The van der Waals surface area contributed by atoms with Crippen LogP contribution in [0.1, 0.15) is 24.6 Å². The van der Waals surface area contributed by atoms with Crippen LogP contribution >= 0.6 is 0 Å². The number of carbonyl (C=O) groups is 1. The van der Waals surface area contributed by atoms with Crippen LogP contribution in [-0.2, 0) is 18.2 Å². The highest BCUT2D eigenvalue weighted by molar-refractivity contribution is 6.17. The number of aromatic nitrogens is 1. The van der Waals surface area contributed by atoms with Crippen molar-refractivity contribution < 1.29 is 9.53 Å². The number of hydrogen-bond acceptors (Lipinski definition) is 2. The minimum Gasteiger partial charge on any atom is -0.435 e. The molecule has 0 radical (unpaired) electrons. The summed E-state index contributed by atoms with van der Waals surface area (Å²) >= 11 is 0. The smallest absolute Gasteiger partial charge is 0.434 e. The molecule has 1 unspecified atom stereocenters. The topological polar surface area (TPSA) is 43.6 Å². The Labute approximate surface area is 110 Å². The summed E-state index contributed by atoms with van der Waals surface area (Å²) in [5, 5.41) is 1.25. The number of benzene rings is 1. The minimum atomic E-state index is -0.549. The lowest BCUT2D eigenvalue weighted by molar-refractivity contribution is 0.0871. The van der Waals surface area contributed by atoms with Gasteiger partial charge in [-0.1, -0.05) is 18.2 Å². The van der Waals surface area contributed by atoms with E-state index in [4.69, 9.17) is 4.74 Å². The summed E-state index contributed by atoms with van der Waals surface area (Å²) in [6.45, 7) is 1.96. The molecule has 0 saturated heterocycles. The van der Waals surface area contributed by atoms with Crippen LogP contribution < -0.4 is 0 Å². The molecule has 1 aromatic carbocycles. The molecule has 19 heavy (non-hydrogen) atoms. The molecule has 0 saturated carbocycles. The molecule has 4 heteroatoms. The van der Waals surface area contributed by atoms with Gasteiger partial charge in [-0.25, -0.2) is 4.79 Å². The summed E-state index contributed by atoms with van der Waals surface area (Å²) in [5.41, 5.74) is 3.76. The van der Waals surface area contributed by atoms with E-state index in [-0.39, 0.29) is 0 Å². The Morgan fingerprint density at radius 2 is 2.16 bits per heavy atom. The standard InChI is InChI=1S/C15H14N2O2/c1-15-8-7-10-9-5-3-4-6-11(9)17(2)12(10)13(15)16-14(18)19-15/h3-6H,7-8H2,1-2H3. The third-order valence-electron chi connectivity index (χ3n) is 4.30. The van der Waals surface area contributed by atoms with Crippen LogP contribution in [0.4, 0.5) is 4.79 Å².